The average Bonchev–Trinajstić information content (AvgIpc) is 2.74. The molecular formula is C14H18N4O3. The number of aryl methyl sites for hydroxylation is 2. The highest BCUT2D eigenvalue weighted by molar-refractivity contribution is 5.95. The van der Waals surface area contributed by atoms with Crippen LogP contribution in [0.4, 0.5) is 5.69 Å². The molecule has 1 aromatic heterocycles. The van der Waals surface area contributed by atoms with Crippen LogP contribution in [-0.2, 0) is 11.2 Å². The van der Waals surface area contributed by atoms with Gasteiger partial charge in [-0.15, -0.1) is 0 Å². The monoisotopic (exact) mass is 290 g/mol. The van der Waals surface area contributed by atoms with E-state index >= 15 is 0 Å². The Balaban J connectivity index is 2.04. The van der Waals surface area contributed by atoms with Crippen molar-refractivity contribution >= 4 is 11.6 Å². The first kappa shape index (κ1) is 14.9. The Morgan fingerprint density at radius 2 is 2.10 bits per heavy atom. The number of aromatic nitrogens is 2. The molecule has 112 valence electrons. The van der Waals surface area contributed by atoms with Gasteiger partial charge in [0.15, 0.2) is 11.5 Å². The van der Waals surface area contributed by atoms with Crippen LogP contribution < -0.4 is 11.1 Å². The van der Waals surface area contributed by atoms with Crippen LogP contribution in [0.15, 0.2) is 18.2 Å². The van der Waals surface area contributed by atoms with Gasteiger partial charge in [-0.1, -0.05) is 6.07 Å². The smallest absolute Gasteiger partial charge is 0.241 e. The number of carbonyl (C=O) groups is 1. The maximum absolute atomic E-state index is 12.1. The fraction of sp³-hybridized carbons (Fsp3) is 0.286. The third-order valence-electron chi connectivity index (χ3n) is 3.21. The number of anilines is 1. The highest BCUT2D eigenvalue weighted by atomic mass is 16.3. The number of phenolic OH excluding ortho intramolecular Hbond substituents is 2. The molecule has 0 aliphatic rings. The van der Waals surface area contributed by atoms with Gasteiger partial charge >= 0.3 is 0 Å². The number of rotatable bonds is 4. The first-order chi connectivity index (χ1) is 9.88. The van der Waals surface area contributed by atoms with Crippen LogP contribution in [0.5, 0.6) is 11.5 Å². The molecule has 0 aliphatic carbocycles. The molecular weight excluding hydrogens is 272 g/mol. The molecule has 1 atom stereocenters. The number of carbonyl (C=O) groups excluding carboxylic acids is 1. The lowest BCUT2D eigenvalue weighted by atomic mass is 10.1. The summed E-state index contributed by atoms with van der Waals surface area (Å²) in [5.41, 5.74) is 8.61. The topological polar surface area (TPSA) is 124 Å². The van der Waals surface area contributed by atoms with Gasteiger partial charge in [-0.05, 0) is 38.0 Å². The standard InChI is InChI=1S/C14H18N4O3/c1-7-13(8(2)18-17-7)16-14(21)10(15)5-9-3-4-11(19)12(20)6-9/h3-4,6,10,19-20H,5,15H2,1-2H3,(H,16,21)(H,17,18)/t10-/m0/s1. The normalized spacial score (nSPS) is 12.1. The number of aromatic hydroxyl groups is 2. The number of amides is 1. The van der Waals surface area contributed by atoms with Crippen LogP contribution in [-0.4, -0.2) is 32.4 Å². The highest BCUT2D eigenvalue weighted by Gasteiger charge is 2.17. The average molecular weight is 290 g/mol. The Morgan fingerprint density at radius 3 is 2.67 bits per heavy atom. The van der Waals surface area contributed by atoms with Crippen LogP contribution in [0, 0.1) is 13.8 Å². The molecule has 7 heteroatoms. The minimum atomic E-state index is -0.775. The summed E-state index contributed by atoms with van der Waals surface area (Å²) in [6, 6.07) is 3.58. The number of H-pyrrole nitrogens is 1. The number of nitrogens with one attached hydrogen (secondary N) is 2. The van der Waals surface area contributed by atoms with Crippen LogP contribution in [0.2, 0.25) is 0 Å². The second-order valence-corrected chi connectivity index (χ2v) is 4.93. The van der Waals surface area contributed by atoms with Gasteiger partial charge < -0.3 is 21.3 Å². The SMILES string of the molecule is Cc1n[nH]c(C)c1NC(=O)[C@@H](N)Cc1ccc(O)c(O)c1. The first-order valence-corrected chi connectivity index (χ1v) is 6.47. The van der Waals surface area contributed by atoms with Crippen molar-refractivity contribution in [3.63, 3.8) is 0 Å². The van der Waals surface area contributed by atoms with Gasteiger partial charge in [0.1, 0.15) is 0 Å². The van der Waals surface area contributed by atoms with E-state index in [1.807, 2.05) is 0 Å². The molecule has 1 aromatic carbocycles. The Kier molecular flexibility index (Phi) is 4.13. The first-order valence-electron chi connectivity index (χ1n) is 6.47. The van der Waals surface area contributed by atoms with Crippen LogP contribution in [0.1, 0.15) is 17.0 Å². The van der Waals surface area contributed by atoms with Crippen molar-refractivity contribution in [3.05, 3.63) is 35.2 Å². The summed E-state index contributed by atoms with van der Waals surface area (Å²) in [5.74, 6) is -0.779. The van der Waals surface area contributed by atoms with E-state index in [-0.39, 0.29) is 23.8 Å². The summed E-state index contributed by atoms with van der Waals surface area (Å²) >= 11 is 0. The predicted octanol–water partition coefficient (Wildman–Crippen LogP) is 0.946. The van der Waals surface area contributed by atoms with Gasteiger partial charge in [-0.3, -0.25) is 9.89 Å². The quantitative estimate of drug-likeness (QED) is 0.536. The molecule has 1 amide bonds. The summed E-state index contributed by atoms with van der Waals surface area (Å²) in [4.78, 5) is 12.1. The van der Waals surface area contributed by atoms with Gasteiger partial charge in [0.05, 0.1) is 23.1 Å². The fourth-order valence-electron chi connectivity index (χ4n) is 1.99. The Morgan fingerprint density at radius 1 is 1.38 bits per heavy atom. The number of nitrogens with two attached hydrogens (primary N) is 1. The molecule has 0 spiro atoms. The second-order valence-electron chi connectivity index (χ2n) is 4.93. The zero-order valence-corrected chi connectivity index (χ0v) is 11.8. The largest absolute Gasteiger partial charge is 0.504 e. The lowest BCUT2D eigenvalue weighted by Crippen LogP contribution is -2.37. The van der Waals surface area contributed by atoms with Crippen LogP contribution >= 0.6 is 0 Å². The molecule has 0 aliphatic heterocycles. The third-order valence-corrected chi connectivity index (χ3v) is 3.21. The van der Waals surface area contributed by atoms with E-state index < -0.39 is 6.04 Å². The Hall–Kier alpha value is -2.54. The second kappa shape index (κ2) is 5.84. The molecule has 7 nitrogen and oxygen atoms in total. The predicted molar refractivity (Wildman–Crippen MR) is 78.1 cm³/mol. The zero-order chi connectivity index (χ0) is 15.6. The maximum Gasteiger partial charge on any atom is 0.241 e. The molecule has 6 N–H and O–H groups in total. The minimum absolute atomic E-state index is 0.207. The van der Waals surface area contributed by atoms with Crippen molar-refractivity contribution < 1.29 is 15.0 Å². The maximum atomic E-state index is 12.1. The minimum Gasteiger partial charge on any atom is -0.504 e. The van der Waals surface area contributed by atoms with Gasteiger partial charge in [0, 0.05) is 0 Å². The summed E-state index contributed by atoms with van der Waals surface area (Å²) in [6.07, 6.45) is 0.246. The highest BCUT2D eigenvalue weighted by Crippen LogP contribution is 2.25. The van der Waals surface area contributed by atoms with Gasteiger partial charge in [0.25, 0.3) is 0 Å². The Bertz CT molecular complexity index is 647. The van der Waals surface area contributed by atoms with E-state index in [1.54, 1.807) is 19.9 Å². The van der Waals surface area contributed by atoms with Crippen LogP contribution in [0.25, 0.3) is 0 Å². The van der Waals surface area contributed by atoms with Crippen molar-refractivity contribution in [3.8, 4) is 11.5 Å². The number of aromatic amines is 1. The van der Waals surface area contributed by atoms with Crippen molar-refractivity contribution in [1.82, 2.24) is 10.2 Å². The van der Waals surface area contributed by atoms with E-state index in [9.17, 15) is 15.0 Å². The van der Waals surface area contributed by atoms with Gasteiger partial charge in [-0.2, -0.15) is 5.10 Å². The fourth-order valence-corrected chi connectivity index (χ4v) is 1.99. The molecule has 2 aromatic rings. The summed E-state index contributed by atoms with van der Waals surface area (Å²) < 4.78 is 0. The van der Waals surface area contributed by atoms with Crippen molar-refractivity contribution in [2.75, 3.05) is 5.32 Å². The molecule has 1 heterocycles. The number of hydrogen-bond donors (Lipinski definition) is 5. The number of nitrogens with zero attached hydrogens (tertiary/aromatic N) is 1. The zero-order valence-electron chi connectivity index (χ0n) is 11.8. The lowest BCUT2D eigenvalue weighted by molar-refractivity contribution is -0.117. The Labute approximate surface area is 121 Å². The number of hydrogen-bond acceptors (Lipinski definition) is 5. The molecule has 21 heavy (non-hydrogen) atoms. The molecule has 0 fully saturated rings. The molecule has 0 radical (unpaired) electrons. The van der Waals surface area contributed by atoms with E-state index in [4.69, 9.17) is 5.73 Å². The van der Waals surface area contributed by atoms with Crippen molar-refractivity contribution in [2.24, 2.45) is 5.73 Å². The third kappa shape index (κ3) is 3.32. The van der Waals surface area contributed by atoms with Gasteiger partial charge in [-0.25, -0.2) is 0 Å². The van der Waals surface area contributed by atoms with E-state index in [0.717, 1.165) is 5.69 Å². The van der Waals surface area contributed by atoms with Crippen LogP contribution in [0.3, 0.4) is 0 Å². The van der Waals surface area contributed by atoms with E-state index in [2.05, 4.69) is 15.5 Å². The molecule has 2 rings (SSSR count). The summed E-state index contributed by atoms with van der Waals surface area (Å²) in [6.45, 7) is 3.59. The molecule has 0 saturated carbocycles. The van der Waals surface area contributed by atoms with E-state index in [0.29, 0.717) is 16.9 Å². The summed E-state index contributed by atoms with van der Waals surface area (Å²) in [5, 5.41) is 28.2. The molecule has 0 saturated heterocycles. The van der Waals surface area contributed by atoms with Crippen molar-refractivity contribution in [1.29, 1.82) is 0 Å². The lowest BCUT2D eigenvalue weighted by Gasteiger charge is -2.13. The molecule has 0 unspecified atom stereocenters. The van der Waals surface area contributed by atoms with E-state index in [1.165, 1.54) is 12.1 Å². The molecule has 0 bridgehead atoms. The number of phenols is 2. The van der Waals surface area contributed by atoms with Crippen molar-refractivity contribution in [2.45, 2.75) is 26.3 Å². The number of benzene rings is 1. The van der Waals surface area contributed by atoms with Gasteiger partial charge in [0.2, 0.25) is 5.91 Å². The summed E-state index contributed by atoms with van der Waals surface area (Å²) in [7, 11) is 0.